The highest BCUT2D eigenvalue weighted by atomic mass is 35.5. The number of halogens is 1. The van der Waals surface area contributed by atoms with E-state index in [0.717, 1.165) is 22.4 Å². The zero-order chi connectivity index (χ0) is 15.9. The van der Waals surface area contributed by atoms with Gasteiger partial charge in [-0.3, -0.25) is 4.79 Å². The van der Waals surface area contributed by atoms with E-state index in [9.17, 15) is 4.79 Å². The molecule has 0 aliphatic heterocycles. The molecule has 1 amide bonds. The lowest BCUT2D eigenvalue weighted by molar-refractivity contribution is -0.123. The molecule has 0 atom stereocenters. The van der Waals surface area contributed by atoms with Crippen LogP contribution >= 0.6 is 11.6 Å². The zero-order valence-electron chi connectivity index (χ0n) is 12.5. The van der Waals surface area contributed by atoms with Crippen LogP contribution in [0.5, 0.6) is 5.75 Å². The van der Waals surface area contributed by atoms with Crippen molar-refractivity contribution >= 4 is 23.7 Å². The predicted octanol–water partition coefficient (Wildman–Crippen LogP) is 3.49. The number of para-hydroxylation sites is 1. The number of hydrazone groups is 1. The Morgan fingerprint density at radius 3 is 2.55 bits per heavy atom. The van der Waals surface area contributed by atoms with Crippen molar-refractivity contribution in [1.82, 2.24) is 5.43 Å². The molecule has 0 radical (unpaired) electrons. The van der Waals surface area contributed by atoms with Crippen LogP contribution in [0.3, 0.4) is 0 Å². The summed E-state index contributed by atoms with van der Waals surface area (Å²) in [5.74, 6) is 0.402. The quantitative estimate of drug-likeness (QED) is 0.678. The molecule has 0 unspecified atom stereocenters. The number of nitrogens with zero attached hydrogens (tertiary/aromatic N) is 1. The van der Waals surface area contributed by atoms with Gasteiger partial charge in [0.1, 0.15) is 5.75 Å². The highest BCUT2D eigenvalue weighted by Gasteiger charge is 2.06. The van der Waals surface area contributed by atoms with Gasteiger partial charge in [0, 0.05) is 10.6 Å². The molecule has 5 heteroatoms. The van der Waals surface area contributed by atoms with E-state index >= 15 is 0 Å². The van der Waals surface area contributed by atoms with Crippen LogP contribution in [0, 0.1) is 13.8 Å². The number of rotatable bonds is 5. The van der Waals surface area contributed by atoms with E-state index in [2.05, 4.69) is 10.5 Å². The Labute approximate surface area is 134 Å². The molecule has 2 aromatic rings. The highest BCUT2D eigenvalue weighted by molar-refractivity contribution is 6.33. The van der Waals surface area contributed by atoms with Gasteiger partial charge in [0.05, 0.1) is 6.21 Å². The smallest absolute Gasteiger partial charge is 0.277 e. The lowest BCUT2D eigenvalue weighted by Crippen LogP contribution is -2.25. The summed E-state index contributed by atoms with van der Waals surface area (Å²) in [4.78, 5) is 11.7. The monoisotopic (exact) mass is 316 g/mol. The van der Waals surface area contributed by atoms with E-state index in [1.54, 1.807) is 6.07 Å². The van der Waals surface area contributed by atoms with Crippen LogP contribution in [0.1, 0.15) is 16.7 Å². The summed E-state index contributed by atoms with van der Waals surface area (Å²) < 4.78 is 5.54. The third kappa shape index (κ3) is 4.33. The molecule has 2 rings (SSSR count). The molecule has 0 aliphatic carbocycles. The molecule has 0 saturated carbocycles. The SMILES string of the molecule is Cc1cccc(C)c1OCC(=O)NN=Cc1ccccc1Cl. The third-order valence-corrected chi connectivity index (χ3v) is 3.40. The van der Waals surface area contributed by atoms with Crippen molar-refractivity contribution in [3.05, 3.63) is 64.2 Å². The molecule has 0 aliphatic rings. The molecule has 4 nitrogen and oxygen atoms in total. The molecule has 2 aromatic carbocycles. The lowest BCUT2D eigenvalue weighted by atomic mass is 10.1. The van der Waals surface area contributed by atoms with Crippen molar-refractivity contribution in [3.8, 4) is 5.75 Å². The Morgan fingerprint density at radius 2 is 1.86 bits per heavy atom. The molecule has 1 N–H and O–H groups in total. The van der Waals surface area contributed by atoms with Gasteiger partial charge >= 0.3 is 0 Å². The van der Waals surface area contributed by atoms with Gasteiger partial charge in [0.25, 0.3) is 5.91 Å². The van der Waals surface area contributed by atoms with Gasteiger partial charge in [-0.05, 0) is 31.0 Å². The first-order chi connectivity index (χ1) is 10.6. The Kier molecular flexibility index (Phi) is 5.55. The molecule has 114 valence electrons. The Hall–Kier alpha value is -2.33. The molecule has 0 bridgehead atoms. The predicted molar refractivity (Wildman–Crippen MR) is 88.6 cm³/mol. The number of aryl methyl sites for hydroxylation is 2. The normalized spacial score (nSPS) is 10.7. The van der Waals surface area contributed by atoms with Crippen LogP contribution in [0.4, 0.5) is 0 Å². The number of carbonyl (C=O) groups excluding carboxylic acids is 1. The van der Waals surface area contributed by atoms with Gasteiger partial charge in [-0.1, -0.05) is 48.0 Å². The number of amides is 1. The zero-order valence-corrected chi connectivity index (χ0v) is 13.2. The summed E-state index contributed by atoms with van der Waals surface area (Å²) in [6.07, 6.45) is 1.50. The van der Waals surface area contributed by atoms with Crippen LogP contribution < -0.4 is 10.2 Å². The summed E-state index contributed by atoms with van der Waals surface area (Å²) in [5, 5.41) is 4.45. The Balaban J connectivity index is 1.88. The summed E-state index contributed by atoms with van der Waals surface area (Å²) in [5.41, 5.74) is 5.14. The average molecular weight is 317 g/mol. The second-order valence-electron chi connectivity index (χ2n) is 4.82. The van der Waals surface area contributed by atoms with Gasteiger partial charge in [0.15, 0.2) is 6.61 Å². The van der Waals surface area contributed by atoms with E-state index in [4.69, 9.17) is 16.3 Å². The van der Waals surface area contributed by atoms with Crippen molar-refractivity contribution < 1.29 is 9.53 Å². The van der Waals surface area contributed by atoms with Crippen LogP contribution in [-0.2, 0) is 4.79 Å². The van der Waals surface area contributed by atoms with Crippen molar-refractivity contribution in [1.29, 1.82) is 0 Å². The molecular formula is C17H17ClN2O2. The van der Waals surface area contributed by atoms with Gasteiger partial charge in [-0.15, -0.1) is 0 Å². The van der Waals surface area contributed by atoms with Gasteiger partial charge in [-0.2, -0.15) is 5.10 Å². The molecule has 0 heterocycles. The maximum Gasteiger partial charge on any atom is 0.277 e. The fraction of sp³-hybridized carbons (Fsp3) is 0.176. The van der Waals surface area contributed by atoms with Crippen molar-refractivity contribution in [3.63, 3.8) is 0 Å². The molecule has 22 heavy (non-hydrogen) atoms. The maximum atomic E-state index is 11.7. The van der Waals surface area contributed by atoms with Crippen LogP contribution in [0.2, 0.25) is 5.02 Å². The minimum absolute atomic E-state index is 0.0917. The molecular weight excluding hydrogens is 300 g/mol. The van der Waals surface area contributed by atoms with Crippen molar-refractivity contribution in [2.75, 3.05) is 6.61 Å². The molecule has 0 fully saturated rings. The third-order valence-electron chi connectivity index (χ3n) is 3.05. The fourth-order valence-corrected chi connectivity index (χ4v) is 2.13. The summed E-state index contributed by atoms with van der Waals surface area (Å²) in [6.45, 7) is 3.79. The number of benzene rings is 2. The van der Waals surface area contributed by atoms with E-state index in [0.29, 0.717) is 5.02 Å². The van der Waals surface area contributed by atoms with E-state index in [1.807, 2.05) is 50.2 Å². The summed E-state index contributed by atoms with van der Waals surface area (Å²) in [7, 11) is 0. The van der Waals surface area contributed by atoms with Gasteiger partial charge < -0.3 is 4.74 Å². The van der Waals surface area contributed by atoms with Gasteiger partial charge in [-0.25, -0.2) is 5.43 Å². The van der Waals surface area contributed by atoms with E-state index in [1.165, 1.54) is 6.21 Å². The average Bonchev–Trinajstić information content (AvgIpc) is 2.49. The number of hydrogen-bond acceptors (Lipinski definition) is 3. The first-order valence-electron chi connectivity index (χ1n) is 6.83. The number of carbonyl (C=O) groups is 1. The molecule has 0 saturated heterocycles. The lowest BCUT2D eigenvalue weighted by Gasteiger charge is -2.10. The Bertz CT molecular complexity index is 679. The standard InChI is InChI=1S/C17H17ClN2O2/c1-12-6-5-7-13(2)17(12)22-11-16(21)20-19-10-14-8-3-4-9-15(14)18/h3-10H,11H2,1-2H3,(H,20,21). The topological polar surface area (TPSA) is 50.7 Å². The molecule has 0 aromatic heterocycles. The van der Waals surface area contributed by atoms with Gasteiger partial charge in [0.2, 0.25) is 0 Å². The Morgan fingerprint density at radius 1 is 1.18 bits per heavy atom. The number of hydrogen-bond donors (Lipinski definition) is 1. The largest absolute Gasteiger partial charge is 0.483 e. The fourth-order valence-electron chi connectivity index (χ4n) is 1.95. The van der Waals surface area contributed by atoms with E-state index in [-0.39, 0.29) is 12.5 Å². The molecule has 0 spiro atoms. The van der Waals surface area contributed by atoms with Crippen molar-refractivity contribution in [2.45, 2.75) is 13.8 Å². The minimum atomic E-state index is -0.328. The van der Waals surface area contributed by atoms with Crippen LogP contribution in [-0.4, -0.2) is 18.7 Å². The summed E-state index contributed by atoms with van der Waals surface area (Å²) >= 11 is 5.99. The van der Waals surface area contributed by atoms with Crippen molar-refractivity contribution in [2.24, 2.45) is 5.10 Å². The first-order valence-corrected chi connectivity index (χ1v) is 7.21. The highest BCUT2D eigenvalue weighted by Crippen LogP contribution is 2.21. The van der Waals surface area contributed by atoms with Crippen LogP contribution in [0.15, 0.2) is 47.6 Å². The second-order valence-corrected chi connectivity index (χ2v) is 5.23. The number of nitrogens with one attached hydrogen (secondary N) is 1. The first kappa shape index (κ1) is 16.0. The maximum absolute atomic E-state index is 11.7. The van der Waals surface area contributed by atoms with E-state index < -0.39 is 0 Å². The minimum Gasteiger partial charge on any atom is -0.483 e. The second kappa shape index (κ2) is 7.61. The van der Waals surface area contributed by atoms with Crippen LogP contribution in [0.25, 0.3) is 0 Å². The number of ether oxygens (including phenoxy) is 1. The summed E-state index contributed by atoms with van der Waals surface area (Å²) in [6, 6.07) is 13.1.